The van der Waals surface area contributed by atoms with Gasteiger partial charge in [0.2, 0.25) is 0 Å². The summed E-state index contributed by atoms with van der Waals surface area (Å²) in [7, 11) is 0. The van der Waals surface area contributed by atoms with Gasteiger partial charge in [-0.05, 0) is 50.1 Å². The van der Waals surface area contributed by atoms with Crippen LogP contribution in [0.4, 0.5) is 17.2 Å². The molecule has 1 aromatic heterocycles. The molecule has 0 aliphatic carbocycles. The lowest BCUT2D eigenvalue weighted by Crippen LogP contribution is -2.05. The van der Waals surface area contributed by atoms with E-state index in [1.165, 1.54) is 12.3 Å². The van der Waals surface area contributed by atoms with Crippen molar-refractivity contribution >= 4 is 55.0 Å². The lowest BCUT2D eigenvalue weighted by atomic mass is 10.2. The Balaban J connectivity index is 2.39. The molecule has 0 atom stereocenters. The number of nitrogens with one attached hydrogen (secondary N) is 1. The second-order valence-electron chi connectivity index (χ2n) is 3.68. The van der Waals surface area contributed by atoms with E-state index in [-0.39, 0.29) is 11.3 Å². The van der Waals surface area contributed by atoms with E-state index < -0.39 is 5.97 Å². The molecule has 1 heterocycles. The standard InChI is InChI=1S/C12H9Br2N3O2/c13-7-2-1-3-8(14)11(7)17-10-4-6(12(18)19)9(15)5-16-10/h1-5H,15H2,(H,16,17)(H,18,19). The van der Waals surface area contributed by atoms with Crippen LogP contribution in [0.3, 0.4) is 0 Å². The van der Waals surface area contributed by atoms with Crippen LogP contribution in [0.5, 0.6) is 0 Å². The van der Waals surface area contributed by atoms with Gasteiger partial charge in [-0.25, -0.2) is 9.78 Å². The van der Waals surface area contributed by atoms with Crippen LogP contribution in [0.2, 0.25) is 0 Å². The first-order chi connectivity index (χ1) is 8.99. The molecule has 0 fully saturated rings. The lowest BCUT2D eigenvalue weighted by molar-refractivity contribution is 0.0698. The molecule has 1 aromatic carbocycles. The van der Waals surface area contributed by atoms with Crippen LogP contribution in [0.1, 0.15) is 10.4 Å². The second-order valence-corrected chi connectivity index (χ2v) is 5.39. The average Bonchev–Trinajstić information content (AvgIpc) is 2.35. The number of anilines is 3. The molecule has 0 amide bonds. The first kappa shape index (κ1) is 13.8. The van der Waals surface area contributed by atoms with Gasteiger partial charge in [0, 0.05) is 8.95 Å². The minimum atomic E-state index is -1.09. The first-order valence-electron chi connectivity index (χ1n) is 5.19. The molecule has 0 spiro atoms. The number of nitrogens with two attached hydrogens (primary N) is 1. The largest absolute Gasteiger partial charge is 0.478 e. The van der Waals surface area contributed by atoms with Crippen LogP contribution < -0.4 is 11.1 Å². The van der Waals surface area contributed by atoms with Crippen molar-refractivity contribution in [1.29, 1.82) is 0 Å². The number of benzene rings is 1. The highest BCUT2D eigenvalue weighted by molar-refractivity contribution is 9.11. The lowest BCUT2D eigenvalue weighted by Gasteiger charge is -2.11. The molecule has 5 nitrogen and oxygen atoms in total. The van der Waals surface area contributed by atoms with Crippen molar-refractivity contribution in [2.24, 2.45) is 0 Å². The summed E-state index contributed by atoms with van der Waals surface area (Å²) in [6.07, 6.45) is 1.32. The molecule has 0 saturated carbocycles. The Bertz CT molecular complexity index is 627. The minimum absolute atomic E-state index is 0.0145. The van der Waals surface area contributed by atoms with E-state index in [4.69, 9.17) is 10.8 Å². The number of aromatic carboxylic acids is 1. The summed E-state index contributed by atoms with van der Waals surface area (Å²) >= 11 is 6.81. The normalized spacial score (nSPS) is 10.2. The molecule has 0 unspecified atom stereocenters. The number of halogens is 2. The summed E-state index contributed by atoms with van der Waals surface area (Å²) < 4.78 is 1.66. The number of aromatic nitrogens is 1. The Hall–Kier alpha value is -1.60. The van der Waals surface area contributed by atoms with Gasteiger partial charge in [0.15, 0.2) is 0 Å². The predicted octanol–water partition coefficient (Wildman–Crippen LogP) is 3.63. The third kappa shape index (κ3) is 3.05. The third-order valence-electron chi connectivity index (χ3n) is 2.38. The van der Waals surface area contributed by atoms with Gasteiger partial charge in [-0.15, -0.1) is 0 Å². The maximum Gasteiger partial charge on any atom is 0.337 e. The van der Waals surface area contributed by atoms with Gasteiger partial charge >= 0.3 is 5.97 Å². The van der Waals surface area contributed by atoms with Crippen molar-refractivity contribution in [1.82, 2.24) is 4.98 Å². The molecular weight excluding hydrogens is 378 g/mol. The van der Waals surface area contributed by atoms with E-state index in [0.29, 0.717) is 5.82 Å². The van der Waals surface area contributed by atoms with Crippen LogP contribution >= 0.6 is 31.9 Å². The van der Waals surface area contributed by atoms with Gasteiger partial charge in [0.25, 0.3) is 0 Å². The number of nitrogens with zero attached hydrogens (tertiary/aromatic N) is 1. The zero-order valence-electron chi connectivity index (χ0n) is 9.52. The molecule has 0 bridgehead atoms. The number of pyridine rings is 1. The summed E-state index contributed by atoms with van der Waals surface area (Å²) in [6.45, 7) is 0. The molecule has 19 heavy (non-hydrogen) atoms. The van der Waals surface area contributed by atoms with E-state index in [1.54, 1.807) is 0 Å². The molecular formula is C12H9Br2N3O2. The zero-order valence-corrected chi connectivity index (χ0v) is 12.7. The van der Waals surface area contributed by atoms with Crippen molar-refractivity contribution in [3.63, 3.8) is 0 Å². The Morgan fingerprint density at radius 1 is 1.32 bits per heavy atom. The number of carboxylic acids is 1. The Kier molecular flexibility index (Phi) is 4.06. The topological polar surface area (TPSA) is 88.2 Å². The number of hydrogen-bond donors (Lipinski definition) is 3. The summed E-state index contributed by atoms with van der Waals surface area (Å²) in [5.41, 5.74) is 6.46. The zero-order chi connectivity index (χ0) is 14.0. The van der Waals surface area contributed by atoms with E-state index in [2.05, 4.69) is 42.2 Å². The van der Waals surface area contributed by atoms with Crippen molar-refractivity contribution in [2.45, 2.75) is 0 Å². The predicted molar refractivity (Wildman–Crippen MR) is 80.7 cm³/mol. The fourth-order valence-corrected chi connectivity index (χ4v) is 2.66. The van der Waals surface area contributed by atoms with Gasteiger partial charge < -0.3 is 16.2 Å². The molecule has 2 aromatic rings. The third-order valence-corrected chi connectivity index (χ3v) is 3.70. The molecule has 98 valence electrons. The number of hydrogen-bond acceptors (Lipinski definition) is 4. The van der Waals surface area contributed by atoms with Crippen LogP contribution in [0, 0.1) is 0 Å². The fraction of sp³-hybridized carbons (Fsp3) is 0. The summed E-state index contributed by atoms with van der Waals surface area (Å²) in [4.78, 5) is 15.1. The van der Waals surface area contributed by atoms with Gasteiger partial charge in [-0.1, -0.05) is 6.07 Å². The molecule has 2 rings (SSSR count). The van der Waals surface area contributed by atoms with Gasteiger partial charge in [0.05, 0.1) is 23.1 Å². The average molecular weight is 387 g/mol. The number of rotatable bonds is 3. The Morgan fingerprint density at radius 2 is 1.95 bits per heavy atom. The first-order valence-corrected chi connectivity index (χ1v) is 6.77. The quantitative estimate of drug-likeness (QED) is 0.749. The summed E-state index contributed by atoms with van der Waals surface area (Å²) in [5, 5.41) is 12.1. The number of para-hydroxylation sites is 1. The maximum absolute atomic E-state index is 11.0. The number of nitrogen functional groups attached to an aromatic ring is 1. The summed E-state index contributed by atoms with van der Waals surface area (Å²) in [6, 6.07) is 6.99. The van der Waals surface area contributed by atoms with Gasteiger partial charge in [0.1, 0.15) is 5.82 Å². The smallest absolute Gasteiger partial charge is 0.337 e. The highest BCUT2D eigenvalue weighted by Gasteiger charge is 2.11. The second kappa shape index (κ2) is 5.58. The fourth-order valence-electron chi connectivity index (χ4n) is 1.46. The van der Waals surface area contributed by atoms with Crippen molar-refractivity contribution in [3.8, 4) is 0 Å². The molecule has 0 saturated heterocycles. The molecule has 0 aliphatic heterocycles. The molecule has 4 N–H and O–H groups in total. The highest BCUT2D eigenvalue weighted by Crippen LogP contribution is 2.33. The monoisotopic (exact) mass is 385 g/mol. The SMILES string of the molecule is Nc1cnc(Nc2c(Br)cccc2Br)cc1C(=O)O. The van der Waals surface area contributed by atoms with Crippen LogP contribution in [0.15, 0.2) is 39.4 Å². The van der Waals surface area contributed by atoms with Crippen molar-refractivity contribution < 1.29 is 9.90 Å². The van der Waals surface area contributed by atoms with Gasteiger partial charge in [-0.3, -0.25) is 0 Å². The number of carbonyl (C=O) groups is 1. The van der Waals surface area contributed by atoms with E-state index in [9.17, 15) is 4.79 Å². The van der Waals surface area contributed by atoms with Crippen LogP contribution in [-0.2, 0) is 0 Å². The van der Waals surface area contributed by atoms with Crippen molar-refractivity contribution in [3.05, 3.63) is 45.0 Å². The molecule has 0 radical (unpaired) electrons. The Labute approximate surface area is 126 Å². The van der Waals surface area contributed by atoms with Crippen LogP contribution in [-0.4, -0.2) is 16.1 Å². The summed E-state index contributed by atoms with van der Waals surface area (Å²) in [5.74, 6) is -0.687. The van der Waals surface area contributed by atoms with Crippen LogP contribution in [0.25, 0.3) is 0 Å². The minimum Gasteiger partial charge on any atom is -0.478 e. The van der Waals surface area contributed by atoms with Gasteiger partial charge in [-0.2, -0.15) is 0 Å². The van der Waals surface area contributed by atoms with E-state index in [1.807, 2.05) is 18.2 Å². The molecule has 0 aliphatic rings. The van der Waals surface area contributed by atoms with E-state index in [0.717, 1.165) is 14.6 Å². The maximum atomic E-state index is 11.0. The van der Waals surface area contributed by atoms with E-state index >= 15 is 0 Å². The van der Waals surface area contributed by atoms with Crippen molar-refractivity contribution in [2.75, 3.05) is 11.1 Å². The Morgan fingerprint density at radius 3 is 2.53 bits per heavy atom. The highest BCUT2D eigenvalue weighted by atomic mass is 79.9. The number of carboxylic acid groups (broad SMARTS) is 1. The molecule has 7 heteroatoms.